The Morgan fingerprint density at radius 1 is 0.906 bits per heavy atom. The fraction of sp³-hybridized carbons (Fsp3) is 0.0741. The van der Waals surface area contributed by atoms with E-state index in [0.717, 1.165) is 33.7 Å². The zero-order valence-electron chi connectivity index (χ0n) is 17.7. The summed E-state index contributed by atoms with van der Waals surface area (Å²) < 4.78 is 2.24. The highest BCUT2D eigenvalue weighted by atomic mass is 16.1. The SMILES string of the molecule is Cc1cc2c(-c3ccncc3)cccc2n1-c1ccc(NC(=O)Cc2cccnc2)cc1. The number of hydrogen-bond donors (Lipinski definition) is 1. The Hall–Kier alpha value is -4.25. The minimum absolute atomic E-state index is 0.0599. The minimum Gasteiger partial charge on any atom is -0.326 e. The number of aromatic nitrogens is 3. The van der Waals surface area contributed by atoms with Crippen LogP contribution in [-0.2, 0) is 11.2 Å². The van der Waals surface area contributed by atoms with Crippen LogP contribution in [0.25, 0.3) is 27.7 Å². The molecule has 0 radical (unpaired) electrons. The second-order valence-electron chi connectivity index (χ2n) is 7.73. The van der Waals surface area contributed by atoms with E-state index in [2.05, 4.69) is 51.0 Å². The van der Waals surface area contributed by atoms with E-state index < -0.39 is 0 Å². The maximum absolute atomic E-state index is 12.3. The van der Waals surface area contributed by atoms with E-state index >= 15 is 0 Å². The van der Waals surface area contributed by atoms with Gasteiger partial charge in [-0.1, -0.05) is 18.2 Å². The van der Waals surface area contributed by atoms with Gasteiger partial charge in [0.15, 0.2) is 0 Å². The molecule has 156 valence electrons. The largest absolute Gasteiger partial charge is 0.326 e. The molecule has 0 aliphatic rings. The van der Waals surface area contributed by atoms with Crippen LogP contribution >= 0.6 is 0 Å². The van der Waals surface area contributed by atoms with Gasteiger partial charge in [0.2, 0.25) is 5.91 Å². The van der Waals surface area contributed by atoms with Crippen LogP contribution in [0.3, 0.4) is 0 Å². The summed E-state index contributed by atoms with van der Waals surface area (Å²) >= 11 is 0. The molecule has 2 aromatic carbocycles. The third-order valence-electron chi connectivity index (χ3n) is 5.52. The van der Waals surface area contributed by atoms with Crippen molar-refractivity contribution in [1.29, 1.82) is 0 Å². The summed E-state index contributed by atoms with van der Waals surface area (Å²) in [6.45, 7) is 2.11. The molecule has 5 heteroatoms. The van der Waals surface area contributed by atoms with Crippen molar-refractivity contribution in [2.45, 2.75) is 13.3 Å². The molecule has 0 spiro atoms. The summed E-state index contributed by atoms with van der Waals surface area (Å²) in [4.78, 5) is 20.5. The van der Waals surface area contributed by atoms with Gasteiger partial charge in [0.1, 0.15) is 0 Å². The summed E-state index contributed by atoms with van der Waals surface area (Å²) in [6, 6.07) is 24.3. The number of aryl methyl sites for hydroxylation is 1. The highest BCUT2D eigenvalue weighted by Gasteiger charge is 2.12. The average molecular weight is 419 g/mol. The molecule has 1 amide bonds. The van der Waals surface area contributed by atoms with E-state index in [1.165, 1.54) is 10.9 Å². The van der Waals surface area contributed by atoms with Crippen molar-refractivity contribution >= 4 is 22.5 Å². The Morgan fingerprint density at radius 3 is 2.47 bits per heavy atom. The van der Waals surface area contributed by atoms with Gasteiger partial charge in [0, 0.05) is 47.2 Å². The number of benzene rings is 2. The van der Waals surface area contributed by atoms with Crippen molar-refractivity contribution in [1.82, 2.24) is 14.5 Å². The predicted octanol–water partition coefficient (Wildman–Crippen LogP) is 5.58. The first kappa shape index (κ1) is 19.7. The maximum atomic E-state index is 12.3. The van der Waals surface area contributed by atoms with Crippen LogP contribution in [0.15, 0.2) is 97.6 Å². The molecule has 0 aliphatic carbocycles. The van der Waals surface area contributed by atoms with Crippen LogP contribution in [0.1, 0.15) is 11.3 Å². The highest BCUT2D eigenvalue weighted by Crippen LogP contribution is 2.32. The van der Waals surface area contributed by atoms with Gasteiger partial charge in [-0.25, -0.2) is 0 Å². The zero-order valence-corrected chi connectivity index (χ0v) is 17.7. The van der Waals surface area contributed by atoms with E-state index in [4.69, 9.17) is 0 Å². The highest BCUT2D eigenvalue weighted by molar-refractivity contribution is 5.97. The van der Waals surface area contributed by atoms with Gasteiger partial charge >= 0.3 is 0 Å². The van der Waals surface area contributed by atoms with Gasteiger partial charge in [-0.15, -0.1) is 0 Å². The normalized spacial score (nSPS) is 10.9. The first-order valence-corrected chi connectivity index (χ1v) is 10.5. The average Bonchev–Trinajstić information content (AvgIpc) is 3.16. The maximum Gasteiger partial charge on any atom is 0.228 e. The van der Waals surface area contributed by atoms with Crippen molar-refractivity contribution in [2.24, 2.45) is 0 Å². The van der Waals surface area contributed by atoms with E-state index in [-0.39, 0.29) is 5.91 Å². The van der Waals surface area contributed by atoms with Gasteiger partial charge in [-0.3, -0.25) is 14.8 Å². The molecule has 0 atom stereocenters. The first-order chi connectivity index (χ1) is 15.7. The number of anilines is 1. The zero-order chi connectivity index (χ0) is 21.9. The van der Waals surface area contributed by atoms with Crippen LogP contribution in [0.4, 0.5) is 5.69 Å². The second kappa shape index (κ2) is 8.47. The van der Waals surface area contributed by atoms with Gasteiger partial charge < -0.3 is 9.88 Å². The number of carbonyl (C=O) groups excluding carboxylic acids is 1. The van der Waals surface area contributed by atoms with Crippen LogP contribution in [0, 0.1) is 6.92 Å². The Bertz CT molecular complexity index is 1370. The number of nitrogens with one attached hydrogen (secondary N) is 1. The summed E-state index contributed by atoms with van der Waals surface area (Å²) in [7, 11) is 0. The molecular formula is C27H22N4O. The lowest BCUT2D eigenvalue weighted by atomic mass is 10.0. The smallest absolute Gasteiger partial charge is 0.228 e. The standard InChI is InChI=1S/C27H22N4O/c1-19-16-25-24(21-11-14-28-15-12-21)5-2-6-26(25)31(19)23-9-7-22(8-10-23)30-27(32)17-20-4-3-13-29-18-20/h2-16,18H,17H2,1H3,(H,30,32). The molecule has 5 nitrogen and oxygen atoms in total. The van der Waals surface area contributed by atoms with E-state index in [9.17, 15) is 4.79 Å². The van der Waals surface area contributed by atoms with Gasteiger partial charge in [-0.05, 0) is 78.2 Å². The lowest BCUT2D eigenvalue weighted by molar-refractivity contribution is -0.115. The Labute approximate surface area is 186 Å². The molecule has 0 saturated carbocycles. The van der Waals surface area contributed by atoms with Crippen molar-refractivity contribution in [3.05, 3.63) is 109 Å². The quantitative estimate of drug-likeness (QED) is 0.405. The molecule has 5 aromatic rings. The van der Waals surface area contributed by atoms with Crippen LogP contribution in [0.2, 0.25) is 0 Å². The van der Waals surface area contributed by atoms with Gasteiger partial charge in [0.25, 0.3) is 0 Å². The lowest BCUT2D eigenvalue weighted by Gasteiger charge is -2.11. The number of pyridine rings is 2. The topological polar surface area (TPSA) is 59.8 Å². The van der Waals surface area contributed by atoms with Crippen molar-refractivity contribution in [3.8, 4) is 16.8 Å². The third-order valence-corrected chi connectivity index (χ3v) is 5.52. The molecule has 0 bridgehead atoms. The van der Waals surface area contributed by atoms with Crippen molar-refractivity contribution < 1.29 is 4.79 Å². The number of nitrogens with zero attached hydrogens (tertiary/aromatic N) is 3. The summed E-state index contributed by atoms with van der Waals surface area (Å²) in [5.74, 6) is -0.0599. The summed E-state index contributed by atoms with van der Waals surface area (Å²) in [5.41, 5.74) is 7.34. The molecule has 5 rings (SSSR count). The summed E-state index contributed by atoms with van der Waals surface area (Å²) in [6.07, 6.45) is 7.35. The van der Waals surface area contributed by atoms with Crippen LogP contribution in [-0.4, -0.2) is 20.4 Å². The first-order valence-electron chi connectivity index (χ1n) is 10.5. The van der Waals surface area contributed by atoms with E-state index in [1.54, 1.807) is 12.4 Å². The Morgan fingerprint density at radius 2 is 1.72 bits per heavy atom. The molecule has 1 N–H and O–H groups in total. The number of carbonyl (C=O) groups is 1. The van der Waals surface area contributed by atoms with Crippen LogP contribution in [0.5, 0.6) is 0 Å². The van der Waals surface area contributed by atoms with E-state index in [1.807, 2.05) is 60.9 Å². The lowest BCUT2D eigenvalue weighted by Crippen LogP contribution is -2.14. The molecule has 32 heavy (non-hydrogen) atoms. The van der Waals surface area contributed by atoms with Gasteiger partial charge in [-0.2, -0.15) is 0 Å². The number of amides is 1. The second-order valence-corrected chi connectivity index (χ2v) is 7.73. The summed E-state index contributed by atoms with van der Waals surface area (Å²) in [5, 5.41) is 4.16. The van der Waals surface area contributed by atoms with Crippen molar-refractivity contribution in [3.63, 3.8) is 0 Å². The Balaban J connectivity index is 1.42. The molecule has 3 aromatic heterocycles. The molecule has 0 saturated heterocycles. The molecule has 0 aliphatic heterocycles. The molecule has 3 heterocycles. The fourth-order valence-corrected chi connectivity index (χ4v) is 4.08. The Kier molecular flexibility index (Phi) is 5.22. The monoisotopic (exact) mass is 418 g/mol. The fourth-order valence-electron chi connectivity index (χ4n) is 4.08. The van der Waals surface area contributed by atoms with E-state index in [0.29, 0.717) is 6.42 Å². The third kappa shape index (κ3) is 3.88. The molecule has 0 fully saturated rings. The minimum atomic E-state index is -0.0599. The molecular weight excluding hydrogens is 396 g/mol. The van der Waals surface area contributed by atoms with Crippen molar-refractivity contribution in [2.75, 3.05) is 5.32 Å². The van der Waals surface area contributed by atoms with Crippen LogP contribution < -0.4 is 5.32 Å². The number of fused-ring (bicyclic) bond motifs is 1. The number of hydrogen-bond acceptors (Lipinski definition) is 3. The number of rotatable bonds is 5. The predicted molar refractivity (Wildman–Crippen MR) is 128 cm³/mol. The molecule has 0 unspecified atom stereocenters. The van der Waals surface area contributed by atoms with Gasteiger partial charge in [0.05, 0.1) is 11.9 Å².